The van der Waals surface area contributed by atoms with E-state index in [2.05, 4.69) is 20.6 Å². The number of hydrogen-bond donors (Lipinski definition) is 2. The molecule has 3 rings (SSSR count). The van der Waals surface area contributed by atoms with Crippen molar-refractivity contribution in [3.8, 4) is 5.75 Å². The van der Waals surface area contributed by atoms with Gasteiger partial charge in [0.25, 0.3) is 5.91 Å². The number of benzene rings is 2. The Hall–Kier alpha value is -3.12. The maximum absolute atomic E-state index is 12.3. The Morgan fingerprint density at radius 1 is 1.11 bits per heavy atom. The molecule has 1 heterocycles. The van der Waals surface area contributed by atoms with Crippen LogP contribution in [0.5, 0.6) is 5.75 Å². The molecule has 6 nitrogen and oxygen atoms in total. The minimum absolute atomic E-state index is 0.239. The second-order valence-corrected chi connectivity index (χ2v) is 6.47. The molecule has 1 amide bonds. The molecule has 0 radical (unpaired) electrons. The van der Waals surface area contributed by atoms with Crippen LogP contribution in [-0.4, -0.2) is 29.5 Å². The lowest BCUT2D eigenvalue weighted by molar-refractivity contribution is 0.0949. The molecule has 1 aromatic heterocycles. The van der Waals surface area contributed by atoms with E-state index < -0.39 is 0 Å². The van der Waals surface area contributed by atoms with Crippen LogP contribution in [0, 0.1) is 0 Å². The van der Waals surface area contributed by atoms with Crippen LogP contribution in [0.25, 0.3) is 0 Å². The summed E-state index contributed by atoms with van der Waals surface area (Å²) >= 11 is 6.14. The van der Waals surface area contributed by atoms with Crippen molar-refractivity contribution in [2.45, 2.75) is 13.0 Å². The van der Waals surface area contributed by atoms with E-state index in [-0.39, 0.29) is 5.91 Å². The maximum atomic E-state index is 12.3. The molecular weight excluding hydrogens is 376 g/mol. The van der Waals surface area contributed by atoms with Gasteiger partial charge >= 0.3 is 0 Å². The van der Waals surface area contributed by atoms with Crippen molar-refractivity contribution < 1.29 is 9.53 Å². The number of rotatable bonds is 8. The van der Waals surface area contributed by atoms with Crippen LogP contribution >= 0.6 is 11.6 Å². The number of methoxy groups -OCH3 is 1. The number of aromatic nitrogens is 2. The summed E-state index contributed by atoms with van der Waals surface area (Å²) in [5.41, 5.74) is 2.36. The van der Waals surface area contributed by atoms with Gasteiger partial charge in [-0.15, -0.1) is 0 Å². The first-order chi connectivity index (χ1) is 13.7. The van der Waals surface area contributed by atoms with Crippen LogP contribution in [0.1, 0.15) is 21.6 Å². The zero-order valence-electron chi connectivity index (χ0n) is 15.5. The van der Waals surface area contributed by atoms with Gasteiger partial charge in [0.1, 0.15) is 11.4 Å². The highest BCUT2D eigenvalue weighted by Gasteiger charge is 2.09. The second kappa shape index (κ2) is 9.71. The summed E-state index contributed by atoms with van der Waals surface area (Å²) in [6, 6.07) is 16.9. The average Bonchev–Trinajstić information content (AvgIpc) is 2.74. The second-order valence-electron chi connectivity index (χ2n) is 6.06. The molecule has 0 aliphatic rings. The third-order valence-corrected chi connectivity index (χ3v) is 4.51. The fourth-order valence-electron chi connectivity index (χ4n) is 2.59. The zero-order chi connectivity index (χ0) is 19.8. The first-order valence-corrected chi connectivity index (χ1v) is 9.25. The Labute approximate surface area is 168 Å². The molecule has 0 unspecified atom stereocenters. The fraction of sp³-hybridized carbons (Fsp3) is 0.190. The highest BCUT2D eigenvalue weighted by molar-refractivity contribution is 6.31. The Kier molecular flexibility index (Phi) is 6.81. The molecule has 0 saturated carbocycles. The normalized spacial score (nSPS) is 10.4. The lowest BCUT2D eigenvalue weighted by atomic mass is 10.1. The Morgan fingerprint density at radius 3 is 2.64 bits per heavy atom. The molecule has 0 saturated heterocycles. The summed E-state index contributed by atoms with van der Waals surface area (Å²) in [7, 11) is 1.63. The first-order valence-electron chi connectivity index (χ1n) is 8.87. The Bertz CT molecular complexity index is 932. The smallest absolute Gasteiger partial charge is 0.270 e. The van der Waals surface area contributed by atoms with Gasteiger partial charge in [-0.2, -0.15) is 0 Å². The molecule has 0 aliphatic heterocycles. The van der Waals surface area contributed by atoms with E-state index in [1.54, 1.807) is 19.4 Å². The maximum Gasteiger partial charge on any atom is 0.270 e. The van der Waals surface area contributed by atoms with Crippen molar-refractivity contribution in [1.82, 2.24) is 15.3 Å². The summed E-state index contributed by atoms with van der Waals surface area (Å²) in [5.74, 6) is 0.949. The lowest BCUT2D eigenvalue weighted by Crippen LogP contribution is -2.26. The molecule has 0 bridgehead atoms. The van der Waals surface area contributed by atoms with Crippen LogP contribution in [-0.2, 0) is 13.0 Å². The van der Waals surface area contributed by atoms with E-state index in [0.29, 0.717) is 29.8 Å². The molecule has 2 aromatic carbocycles. The van der Waals surface area contributed by atoms with Crippen LogP contribution in [0.3, 0.4) is 0 Å². The summed E-state index contributed by atoms with van der Waals surface area (Å²) in [6.45, 7) is 0.986. The Morgan fingerprint density at radius 2 is 1.89 bits per heavy atom. The predicted molar refractivity (Wildman–Crippen MR) is 110 cm³/mol. The van der Waals surface area contributed by atoms with Crippen molar-refractivity contribution in [3.63, 3.8) is 0 Å². The zero-order valence-corrected chi connectivity index (χ0v) is 16.2. The predicted octanol–water partition coefficient (Wildman–Crippen LogP) is 3.72. The molecular formula is C21H21ClN4O2. The van der Waals surface area contributed by atoms with Crippen molar-refractivity contribution >= 4 is 23.5 Å². The van der Waals surface area contributed by atoms with E-state index in [0.717, 1.165) is 23.3 Å². The summed E-state index contributed by atoms with van der Waals surface area (Å²) in [4.78, 5) is 20.8. The Balaban J connectivity index is 1.52. The summed E-state index contributed by atoms with van der Waals surface area (Å²) < 4.78 is 5.14. The third kappa shape index (κ3) is 5.44. The molecule has 0 fully saturated rings. The monoisotopic (exact) mass is 396 g/mol. The van der Waals surface area contributed by atoms with E-state index in [1.165, 1.54) is 0 Å². The van der Waals surface area contributed by atoms with Gasteiger partial charge in [0.15, 0.2) is 0 Å². The van der Waals surface area contributed by atoms with Gasteiger partial charge in [0, 0.05) is 24.3 Å². The lowest BCUT2D eigenvalue weighted by Gasteiger charge is -2.09. The average molecular weight is 397 g/mol. The van der Waals surface area contributed by atoms with Gasteiger partial charge in [-0.25, -0.2) is 9.97 Å². The number of hydrogen-bond acceptors (Lipinski definition) is 5. The van der Waals surface area contributed by atoms with E-state index in [1.807, 2.05) is 48.5 Å². The first kappa shape index (κ1) is 19.6. The number of nitrogens with one attached hydrogen (secondary N) is 2. The number of carbonyl (C=O) groups is 1. The molecule has 28 heavy (non-hydrogen) atoms. The van der Waals surface area contributed by atoms with Crippen molar-refractivity contribution in [2.24, 2.45) is 0 Å². The van der Waals surface area contributed by atoms with Crippen LogP contribution in [0.15, 0.2) is 60.8 Å². The molecule has 2 N–H and O–H groups in total. The number of halogens is 1. The van der Waals surface area contributed by atoms with Crippen molar-refractivity contribution in [3.05, 3.63) is 82.6 Å². The molecule has 0 aliphatic carbocycles. The molecule has 144 valence electrons. The summed E-state index contributed by atoms with van der Waals surface area (Å²) in [6.07, 6.45) is 2.28. The van der Waals surface area contributed by atoms with Crippen LogP contribution in [0.4, 0.5) is 5.95 Å². The highest BCUT2D eigenvalue weighted by atomic mass is 35.5. The largest absolute Gasteiger partial charge is 0.497 e. The van der Waals surface area contributed by atoms with Gasteiger partial charge in [0.2, 0.25) is 5.95 Å². The molecule has 3 aromatic rings. The fourth-order valence-corrected chi connectivity index (χ4v) is 2.79. The number of carbonyl (C=O) groups excluding carboxylic acids is 1. The molecule has 0 atom stereocenters. The standard InChI is InChI=1S/C21H21ClN4O2/c1-28-17-8-6-15(7-9-17)10-12-23-20(27)19-11-13-24-21(26-19)25-14-16-4-2-3-5-18(16)22/h2-9,11,13H,10,12,14H2,1H3,(H,23,27)(H,24,25,26). The SMILES string of the molecule is COc1ccc(CCNC(=O)c2ccnc(NCc3ccccc3Cl)n2)cc1. The molecule has 7 heteroatoms. The minimum Gasteiger partial charge on any atom is -0.497 e. The topological polar surface area (TPSA) is 76.1 Å². The molecule has 0 spiro atoms. The number of nitrogens with zero attached hydrogens (tertiary/aromatic N) is 2. The quantitative estimate of drug-likeness (QED) is 0.606. The van der Waals surface area contributed by atoms with Gasteiger partial charge in [0.05, 0.1) is 7.11 Å². The van der Waals surface area contributed by atoms with E-state index in [4.69, 9.17) is 16.3 Å². The van der Waals surface area contributed by atoms with Crippen LogP contribution < -0.4 is 15.4 Å². The summed E-state index contributed by atoms with van der Waals surface area (Å²) in [5, 5.41) is 6.64. The van der Waals surface area contributed by atoms with E-state index >= 15 is 0 Å². The number of anilines is 1. The van der Waals surface area contributed by atoms with Gasteiger partial charge in [-0.1, -0.05) is 41.9 Å². The van der Waals surface area contributed by atoms with Crippen molar-refractivity contribution in [1.29, 1.82) is 0 Å². The number of amides is 1. The van der Waals surface area contributed by atoms with Gasteiger partial charge < -0.3 is 15.4 Å². The van der Waals surface area contributed by atoms with Crippen molar-refractivity contribution in [2.75, 3.05) is 19.0 Å². The third-order valence-electron chi connectivity index (χ3n) is 4.14. The van der Waals surface area contributed by atoms with Crippen LogP contribution in [0.2, 0.25) is 5.02 Å². The van der Waals surface area contributed by atoms with E-state index in [9.17, 15) is 4.79 Å². The number of ether oxygens (including phenoxy) is 1. The minimum atomic E-state index is -0.239. The van der Waals surface area contributed by atoms with Gasteiger partial charge in [-0.05, 0) is 41.8 Å². The highest BCUT2D eigenvalue weighted by Crippen LogP contribution is 2.16. The van der Waals surface area contributed by atoms with Gasteiger partial charge in [-0.3, -0.25) is 4.79 Å².